The van der Waals surface area contributed by atoms with Crippen molar-refractivity contribution in [3.05, 3.63) is 0 Å². The van der Waals surface area contributed by atoms with Gasteiger partial charge in [0.15, 0.2) is 0 Å². The Balaban J connectivity index is 0. The molecule has 0 aliphatic carbocycles. The van der Waals surface area contributed by atoms with Crippen LogP contribution in [0.25, 0.3) is 0 Å². The summed E-state index contributed by atoms with van der Waals surface area (Å²) in [6, 6.07) is 0. The molecule has 0 aliphatic rings. The van der Waals surface area contributed by atoms with Crippen molar-refractivity contribution in [3.8, 4) is 0 Å². The average molecular weight is 100 g/mol. The number of carboxylic acid groups (broad SMARTS) is 1. The van der Waals surface area contributed by atoms with Crippen LogP contribution in [0.4, 0.5) is 0 Å². The molecule has 0 saturated heterocycles. The number of hydrogen-bond donors (Lipinski definition) is 1. The van der Waals surface area contributed by atoms with Gasteiger partial charge in [-0.3, -0.25) is 4.79 Å². The molecule has 0 radical (unpaired) electrons. The van der Waals surface area contributed by atoms with Gasteiger partial charge < -0.3 is 5.11 Å². The van der Waals surface area contributed by atoms with Crippen LogP contribution in [0.15, 0.2) is 0 Å². The molecule has 0 rings (SSSR count). The first kappa shape index (κ1) is 9.44. The number of carboxylic acids is 1. The Bertz CT molecular complexity index is 30.6. The molecule has 0 aromatic carbocycles. The van der Waals surface area contributed by atoms with Crippen LogP contribution in [0.3, 0.4) is 0 Å². The fraction of sp³-hybridized carbons (Fsp3) is 0.500. The van der Waals surface area contributed by atoms with Gasteiger partial charge in [0.1, 0.15) is 0 Å². The van der Waals surface area contributed by atoms with Gasteiger partial charge in [0.25, 0.3) is 5.97 Å². The standard InChI is InChI=1S/C2H4O2.K.H/c1-2(3)4;;/h1H3,(H,3,4);;. The van der Waals surface area contributed by atoms with E-state index in [2.05, 4.69) is 0 Å². The first-order valence-electron chi connectivity index (χ1n) is 0.928. The Morgan fingerprint density at radius 3 is 1.80 bits per heavy atom. The van der Waals surface area contributed by atoms with E-state index in [-0.39, 0.29) is 51.4 Å². The summed E-state index contributed by atoms with van der Waals surface area (Å²) in [5, 5.41) is 7.42. The third kappa shape index (κ3) is 40.3. The molecule has 0 spiro atoms. The maximum absolute atomic E-state index is 9.00. The Kier molecular flexibility index (Phi) is 9.64. The van der Waals surface area contributed by atoms with Crippen LogP contribution in [0.5, 0.6) is 0 Å². The van der Waals surface area contributed by atoms with Crippen molar-refractivity contribution in [2.75, 3.05) is 0 Å². The van der Waals surface area contributed by atoms with Crippen molar-refractivity contribution in [2.24, 2.45) is 0 Å². The molecule has 2 nitrogen and oxygen atoms in total. The summed E-state index contributed by atoms with van der Waals surface area (Å²) < 4.78 is 0. The molecule has 26 valence electrons. The molecule has 0 aromatic heterocycles. The molecular formula is C2H5KO2. The summed E-state index contributed by atoms with van der Waals surface area (Å²) in [5.41, 5.74) is 0. The first-order valence-corrected chi connectivity index (χ1v) is 0.928. The molecule has 0 aliphatic heterocycles. The van der Waals surface area contributed by atoms with E-state index < -0.39 is 5.97 Å². The minimum atomic E-state index is -0.833. The van der Waals surface area contributed by atoms with E-state index in [0.717, 1.165) is 6.92 Å². The quantitative estimate of drug-likeness (QED) is 0.414. The minimum absolute atomic E-state index is 0. The SMILES string of the molecule is CC(=O)O.[KH]. The molecule has 3 heteroatoms. The second-order valence-corrected chi connectivity index (χ2v) is 0.519. The van der Waals surface area contributed by atoms with Gasteiger partial charge in [-0.15, -0.1) is 0 Å². The zero-order valence-corrected chi connectivity index (χ0v) is 2.36. The molecule has 0 aromatic rings. The van der Waals surface area contributed by atoms with E-state index in [1.807, 2.05) is 0 Å². The van der Waals surface area contributed by atoms with Gasteiger partial charge in [-0.05, 0) is 0 Å². The van der Waals surface area contributed by atoms with Gasteiger partial charge in [-0.1, -0.05) is 0 Å². The van der Waals surface area contributed by atoms with Crippen LogP contribution in [-0.2, 0) is 4.79 Å². The average Bonchev–Trinajstić information content (AvgIpc) is 0.811. The molecule has 0 saturated carbocycles. The zero-order chi connectivity index (χ0) is 3.58. The van der Waals surface area contributed by atoms with Crippen LogP contribution < -0.4 is 0 Å². The van der Waals surface area contributed by atoms with Crippen LogP contribution >= 0.6 is 0 Å². The number of carbonyl (C=O) groups is 1. The predicted octanol–water partition coefficient (Wildman–Crippen LogP) is -0.558. The van der Waals surface area contributed by atoms with Crippen LogP contribution in [0, 0.1) is 0 Å². The predicted molar refractivity (Wildman–Crippen MR) is 20.5 cm³/mol. The summed E-state index contributed by atoms with van der Waals surface area (Å²) in [4.78, 5) is 9.00. The Morgan fingerprint density at radius 2 is 1.80 bits per heavy atom. The summed E-state index contributed by atoms with van der Waals surface area (Å²) in [6.07, 6.45) is 0. The molecule has 0 amide bonds. The number of hydrogen-bond acceptors (Lipinski definition) is 1. The van der Waals surface area contributed by atoms with Gasteiger partial charge in [0.05, 0.1) is 0 Å². The van der Waals surface area contributed by atoms with E-state index in [9.17, 15) is 0 Å². The normalized spacial score (nSPS) is 5.00. The van der Waals surface area contributed by atoms with Crippen molar-refractivity contribution in [1.29, 1.82) is 0 Å². The third-order valence-electron chi connectivity index (χ3n) is 0. The number of aliphatic carboxylic acids is 1. The summed E-state index contributed by atoms with van der Waals surface area (Å²) in [6.45, 7) is 1.08. The van der Waals surface area contributed by atoms with Crippen molar-refractivity contribution >= 4 is 57.4 Å². The monoisotopic (exact) mass is 100.0 g/mol. The molecule has 0 unspecified atom stereocenters. The van der Waals surface area contributed by atoms with Crippen LogP contribution in [0.2, 0.25) is 0 Å². The van der Waals surface area contributed by atoms with Crippen LogP contribution in [0.1, 0.15) is 6.92 Å². The van der Waals surface area contributed by atoms with Gasteiger partial charge in [0.2, 0.25) is 0 Å². The van der Waals surface area contributed by atoms with E-state index >= 15 is 0 Å². The van der Waals surface area contributed by atoms with E-state index in [0.29, 0.717) is 0 Å². The van der Waals surface area contributed by atoms with Crippen LogP contribution in [-0.4, -0.2) is 62.5 Å². The summed E-state index contributed by atoms with van der Waals surface area (Å²) in [5.74, 6) is -0.833. The van der Waals surface area contributed by atoms with Crippen molar-refractivity contribution in [3.63, 3.8) is 0 Å². The maximum atomic E-state index is 9.00. The van der Waals surface area contributed by atoms with E-state index in [1.54, 1.807) is 0 Å². The Labute approximate surface area is 73.0 Å². The molecule has 0 fully saturated rings. The van der Waals surface area contributed by atoms with Crippen molar-refractivity contribution in [1.82, 2.24) is 0 Å². The van der Waals surface area contributed by atoms with Gasteiger partial charge in [-0.25, -0.2) is 0 Å². The molecule has 0 atom stereocenters. The molecular weight excluding hydrogens is 95.1 g/mol. The third-order valence-corrected chi connectivity index (χ3v) is 0. The summed E-state index contributed by atoms with van der Waals surface area (Å²) in [7, 11) is 0. The first-order chi connectivity index (χ1) is 1.73. The van der Waals surface area contributed by atoms with Crippen molar-refractivity contribution < 1.29 is 9.90 Å². The second-order valence-electron chi connectivity index (χ2n) is 0.519. The second kappa shape index (κ2) is 5.11. The van der Waals surface area contributed by atoms with Crippen molar-refractivity contribution in [2.45, 2.75) is 6.92 Å². The molecule has 5 heavy (non-hydrogen) atoms. The molecule has 1 N–H and O–H groups in total. The topological polar surface area (TPSA) is 37.3 Å². The molecule has 0 heterocycles. The number of rotatable bonds is 0. The Morgan fingerprint density at radius 1 is 1.80 bits per heavy atom. The fourth-order valence-electron chi connectivity index (χ4n) is 0. The summed E-state index contributed by atoms with van der Waals surface area (Å²) >= 11 is 0. The Hall–Kier alpha value is 1.11. The van der Waals surface area contributed by atoms with Gasteiger partial charge >= 0.3 is 51.4 Å². The fourth-order valence-corrected chi connectivity index (χ4v) is 0. The van der Waals surface area contributed by atoms with E-state index in [1.165, 1.54) is 0 Å². The van der Waals surface area contributed by atoms with Gasteiger partial charge in [-0.2, -0.15) is 0 Å². The zero-order valence-electron chi connectivity index (χ0n) is 2.36. The van der Waals surface area contributed by atoms with E-state index in [4.69, 9.17) is 9.90 Å². The molecule has 0 bridgehead atoms. The van der Waals surface area contributed by atoms with Gasteiger partial charge in [0, 0.05) is 6.92 Å².